The molecule has 0 spiro atoms. The van der Waals surface area contributed by atoms with Crippen LogP contribution in [-0.2, 0) is 4.79 Å². The second-order valence-corrected chi connectivity index (χ2v) is 5.73. The van der Waals surface area contributed by atoms with Crippen molar-refractivity contribution in [3.63, 3.8) is 0 Å². The molecule has 3 atom stereocenters. The highest BCUT2D eigenvalue weighted by atomic mass is 16.5. The zero-order chi connectivity index (χ0) is 13.9. The average molecular weight is 275 g/mol. The van der Waals surface area contributed by atoms with E-state index in [0.717, 1.165) is 38.0 Å². The summed E-state index contributed by atoms with van der Waals surface area (Å²) in [4.78, 5) is 13.6. The molecule has 0 radical (unpaired) electrons. The molecule has 1 N–H and O–H groups in total. The smallest absolute Gasteiger partial charge is 0.308 e. The van der Waals surface area contributed by atoms with E-state index in [1.165, 1.54) is 0 Å². The van der Waals surface area contributed by atoms with Crippen LogP contribution in [0.4, 0.5) is 0 Å². The van der Waals surface area contributed by atoms with Crippen LogP contribution in [0.3, 0.4) is 0 Å². The van der Waals surface area contributed by atoms with Crippen molar-refractivity contribution in [1.29, 1.82) is 0 Å². The van der Waals surface area contributed by atoms with Crippen molar-refractivity contribution in [3.8, 4) is 5.75 Å². The summed E-state index contributed by atoms with van der Waals surface area (Å²) in [5, 5.41) is 9.22. The molecule has 1 aromatic carbocycles. The normalized spacial score (nSPS) is 28.7. The molecular formula is C16H21NO3. The number of hydrogen-bond donors (Lipinski definition) is 1. The molecule has 2 bridgehead atoms. The summed E-state index contributed by atoms with van der Waals surface area (Å²) in [5.41, 5.74) is 0. The maximum absolute atomic E-state index is 11.2. The molecule has 108 valence electrons. The van der Waals surface area contributed by atoms with Gasteiger partial charge in [-0.25, -0.2) is 0 Å². The first-order valence-corrected chi connectivity index (χ1v) is 7.42. The van der Waals surface area contributed by atoms with E-state index in [-0.39, 0.29) is 12.0 Å². The van der Waals surface area contributed by atoms with E-state index in [0.29, 0.717) is 12.6 Å². The predicted molar refractivity (Wildman–Crippen MR) is 75.8 cm³/mol. The van der Waals surface area contributed by atoms with E-state index in [2.05, 4.69) is 4.90 Å². The maximum atomic E-state index is 11.2. The van der Waals surface area contributed by atoms with Gasteiger partial charge in [0.25, 0.3) is 0 Å². The molecule has 1 aromatic rings. The lowest BCUT2D eigenvalue weighted by Gasteiger charge is -2.22. The first-order chi connectivity index (χ1) is 9.75. The third-order valence-corrected chi connectivity index (χ3v) is 4.57. The van der Waals surface area contributed by atoms with E-state index in [1.807, 2.05) is 30.3 Å². The van der Waals surface area contributed by atoms with Gasteiger partial charge in [-0.05, 0) is 37.8 Å². The Morgan fingerprint density at radius 3 is 2.80 bits per heavy atom. The number of hydrogen-bond acceptors (Lipinski definition) is 3. The standard InChI is InChI=1S/C16H21NO3/c18-16(19)14-11-12-7-8-15(14)17(12)9-4-10-20-13-5-2-1-3-6-13/h1-3,5-6,12,14-15H,4,7-11H2,(H,18,19). The third-order valence-electron chi connectivity index (χ3n) is 4.57. The van der Waals surface area contributed by atoms with Gasteiger partial charge in [-0.1, -0.05) is 18.2 Å². The zero-order valence-corrected chi connectivity index (χ0v) is 11.6. The van der Waals surface area contributed by atoms with Crippen LogP contribution in [0.1, 0.15) is 25.7 Å². The molecule has 4 heteroatoms. The fourth-order valence-corrected chi connectivity index (χ4v) is 3.67. The molecule has 2 heterocycles. The number of ether oxygens (including phenoxy) is 1. The monoisotopic (exact) mass is 275 g/mol. The van der Waals surface area contributed by atoms with Crippen LogP contribution < -0.4 is 4.74 Å². The molecule has 2 aliphatic rings. The summed E-state index contributed by atoms with van der Waals surface area (Å²) in [7, 11) is 0. The second-order valence-electron chi connectivity index (χ2n) is 5.73. The van der Waals surface area contributed by atoms with Gasteiger partial charge in [-0.2, -0.15) is 0 Å². The lowest BCUT2D eigenvalue weighted by Crippen LogP contribution is -2.34. The first kappa shape index (κ1) is 13.4. The van der Waals surface area contributed by atoms with Crippen LogP contribution in [-0.4, -0.2) is 41.2 Å². The highest BCUT2D eigenvalue weighted by Crippen LogP contribution is 2.41. The highest BCUT2D eigenvalue weighted by Gasteiger charge is 2.48. The summed E-state index contributed by atoms with van der Waals surface area (Å²) >= 11 is 0. The molecule has 0 aliphatic carbocycles. The van der Waals surface area contributed by atoms with Gasteiger partial charge in [-0.3, -0.25) is 9.69 Å². The Kier molecular flexibility index (Phi) is 3.92. The van der Waals surface area contributed by atoms with Crippen molar-refractivity contribution in [3.05, 3.63) is 30.3 Å². The Labute approximate surface area is 119 Å². The largest absolute Gasteiger partial charge is 0.494 e. The van der Waals surface area contributed by atoms with Crippen molar-refractivity contribution >= 4 is 5.97 Å². The molecule has 4 nitrogen and oxygen atoms in total. The second kappa shape index (κ2) is 5.83. The summed E-state index contributed by atoms with van der Waals surface area (Å²) in [6.07, 6.45) is 3.99. The van der Waals surface area contributed by atoms with Gasteiger partial charge < -0.3 is 9.84 Å². The number of para-hydroxylation sites is 1. The lowest BCUT2D eigenvalue weighted by atomic mass is 9.89. The summed E-state index contributed by atoms with van der Waals surface area (Å²) < 4.78 is 5.69. The Morgan fingerprint density at radius 1 is 1.30 bits per heavy atom. The minimum Gasteiger partial charge on any atom is -0.494 e. The van der Waals surface area contributed by atoms with Gasteiger partial charge in [0.15, 0.2) is 0 Å². The molecule has 3 rings (SSSR count). The van der Waals surface area contributed by atoms with E-state index < -0.39 is 5.97 Å². The number of nitrogens with zero attached hydrogens (tertiary/aromatic N) is 1. The lowest BCUT2D eigenvalue weighted by molar-refractivity contribution is -0.142. The molecular weight excluding hydrogens is 254 g/mol. The van der Waals surface area contributed by atoms with Gasteiger partial charge in [0.05, 0.1) is 12.5 Å². The number of aliphatic carboxylic acids is 1. The summed E-state index contributed by atoms with van der Waals surface area (Å²) in [6.45, 7) is 1.64. The van der Waals surface area contributed by atoms with Crippen molar-refractivity contribution in [1.82, 2.24) is 4.90 Å². The van der Waals surface area contributed by atoms with Crippen LogP contribution in [0.2, 0.25) is 0 Å². The number of carboxylic acids is 1. The number of carbonyl (C=O) groups is 1. The minimum absolute atomic E-state index is 0.149. The number of rotatable bonds is 6. The van der Waals surface area contributed by atoms with Crippen molar-refractivity contribution in [2.45, 2.75) is 37.8 Å². The van der Waals surface area contributed by atoms with Gasteiger partial charge in [0.1, 0.15) is 5.75 Å². The van der Waals surface area contributed by atoms with E-state index in [1.54, 1.807) is 0 Å². The van der Waals surface area contributed by atoms with E-state index >= 15 is 0 Å². The van der Waals surface area contributed by atoms with Crippen molar-refractivity contribution in [2.24, 2.45) is 5.92 Å². The fraction of sp³-hybridized carbons (Fsp3) is 0.562. The topological polar surface area (TPSA) is 49.8 Å². The number of benzene rings is 1. The average Bonchev–Trinajstić information content (AvgIpc) is 3.02. The van der Waals surface area contributed by atoms with Crippen LogP contribution in [0, 0.1) is 5.92 Å². The Hall–Kier alpha value is -1.55. The van der Waals surface area contributed by atoms with Crippen LogP contribution in [0.25, 0.3) is 0 Å². The quantitative estimate of drug-likeness (QED) is 0.810. The molecule has 2 aliphatic heterocycles. The molecule has 0 aromatic heterocycles. The van der Waals surface area contributed by atoms with Gasteiger partial charge in [-0.15, -0.1) is 0 Å². The summed E-state index contributed by atoms with van der Waals surface area (Å²) in [5.74, 6) is 0.131. The molecule has 2 fully saturated rings. The molecule has 20 heavy (non-hydrogen) atoms. The van der Waals surface area contributed by atoms with E-state index in [4.69, 9.17) is 4.74 Å². The predicted octanol–water partition coefficient (Wildman–Crippen LogP) is 2.39. The molecule has 0 saturated carbocycles. The molecule has 3 unspecified atom stereocenters. The SMILES string of the molecule is O=C(O)C1CC2CCC1N2CCCOc1ccccc1. The maximum Gasteiger partial charge on any atom is 0.308 e. The Morgan fingerprint density at radius 2 is 2.10 bits per heavy atom. The van der Waals surface area contributed by atoms with Crippen LogP contribution in [0.15, 0.2) is 30.3 Å². The van der Waals surface area contributed by atoms with E-state index in [9.17, 15) is 9.90 Å². The number of carboxylic acid groups (broad SMARTS) is 1. The van der Waals surface area contributed by atoms with Crippen molar-refractivity contribution in [2.75, 3.05) is 13.2 Å². The van der Waals surface area contributed by atoms with Gasteiger partial charge in [0, 0.05) is 18.6 Å². The fourth-order valence-electron chi connectivity index (χ4n) is 3.67. The highest BCUT2D eigenvalue weighted by molar-refractivity contribution is 5.71. The van der Waals surface area contributed by atoms with Gasteiger partial charge >= 0.3 is 5.97 Å². The zero-order valence-electron chi connectivity index (χ0n) is 11.6. The Bertz CT molecular complexity index is 462. The third kappa shape index (κ3) is 2.66. The molecule has 0 amide bonds. The minimum atomic E-state index is -0.622. The number of fused-ring (bicyclic) bond motifs is 2. The Balaban J connectivity index is 1.44. The first-order valence-electron chi connectivity index (χ1n) is 7.42. The summed E-state index contributed by atoms with van der Waals surface area (Å²) in [6, 6.07) is 10.6. The van der Waals surface area contributed by atoms with Gasteiger partial charge in [0.2, 0.25) is 0 Å². The van der Waals surface area contributed by atoms with Crippen LogP contribution in [0.5, 0.6) is 5.75 Å². The van der Waals surface area contributed by atoms with Crippen LogP contribution >= 0.6 is 0 Å². The van der Waals surface area contributed by atoms with Crippen molar-refractivity contribution < 1.29 is 14.6 Å². The molecule has 2 saturated heterocycles.